The lowest BCUT2D eigenvalue weighted by molar-refractivity contribution is -0.165. The zero-order valence-corrected chi connectivity index (χ0v) is 18.2. The summed E-state index contributed by atoms with van der Waals surface area (Å²) >= 11 is 0. The Balaban J connectivity index is 1.21. The first-order valence-electron chi connectivity index (χ1n) is 10.8. The third kappa shape index (κ3) is 5.15. The molecule has 0 radical (unpaired) electrons. The smallest absolute Gasteiger partial charge is 0.407 e. The molecule has 2 aliphatic rings. The van der Waals surface area contributed by atoms with E-state index >= 15 is 0 Å². The highest BCUT2D eigenvalue weighted by Crippen LogP contribution is 2.44. The van der Waals surface area contributed by atoms with Crippen LogP contribution in [0.25, 0.3) is 11.1 Å². The fraction of sp³-hybridized carbons (Fsp3) is 0.375. The Hall–Kier alpha value is -3.43. The van der Waals surface area contributed by atoms with Crippen molar-refractivity contribution >= 4 is 18.0 Å². The molecule has 1 fully saturated rings. The number of aliphatic carboxylic acids is 1. The number of hydrogen-bond donors (Lipinski definition) is 3. The maximum absolute atomic E-state index is 12.3. The first kappa shape index (κ1) is 22.8. The first-order valence-corrected chi connectivity index (χ1v) is 10.8. The van der Waals surface area contributed by atoms with Gasteiger partial charge in [-0.1, -0.05) is 48.5 Å². The Kier molecular flexibility index (Phi) is 6.90. The van der Waals surface area contributed by atoms with E-state index in [4.69, 9.17) is 19.4 Å². The van der Waals surface area contributed by atoms with Gasteiger partial charge in [0.25, 0.3) is 0 Å². The molecule has 0 bridgehead atoms. The SMILES string of the molecule is COCC(ONC(=O)C1CC1CNC(=O)OCC1c2ccccc2-c2ccccc21)C(=O)O. The molecular weight excluding hydrogens is 428 g/mol. The molecule has 2 aliphatic carbocycles. The van der Waals surface area contributed by atoms with Gasteiger partial charge in [0.05, 0.1) is 6.61 Å². The van der Waals surface area contributed by atoms with Crippen LogP contribution in [0.2, 0.25) is 0 Å². The van der Waals surface area contributed by atoms with Crippen LogP contribution >= 0.6 is 0 Å². The van der Waals surface area contributed by atoms with Gasteiger partial charge in [0, 0.05) is 25.5 Å². The Morgan fingerprint density at radius 1 is 1.06 bits per heavy atom. The highest BCUT2D eigenvalue weighted by atomic mass is 16.7. The van der Waals surface area contributed by atoms with E-state index in [0.29, 0.717) is 6.42 Å². The van der Waals surface area contributed by atoms with E-state index in [-0.39, 0.29) is 37.5 Å². The molecule has 33 heavy (non-hydrogen) atoms. The predicted octanol–water partition coefficient (Wildman–Crippen LogP) is 2.31. The van der Waals surface area contributed by atoms with Crippen LogP contribution in [-0.2, 0) is 23.9 Å². The van der Waals surface area contributed by atoms with Crippen LogP contribution in [0.3, 0.4) is 0 Å². The second-order valence-corrected chi connectivity index (χ2v) is 8.18. The number of alkyl carbamates (subject to hydrolysis) is 1. The summed E-state index contributed by atoms with van der Waals surface area (Å²) in [6.07, 6.45) is -1.25. The van der Waals surface area contributed by atoms with Crippen LogP contribution in [0.1, 0.15) is 23.5 Å². The highest BCUT2D eigenvalue weighted by Gasteiger charge is 2.43. The fourth-order valence-corrected chi connectivity index (χ4v) is 4.17. The predicted molar refractivity (Wildman–Crippen MR) is 117 cm³/mol. The summed E-state index contributed by atoms with van der Waals surface area (Å²) in [6, 6.07) is 16.2. The number of benzene rings is 2. The normalized spacial score (nSPS) is 19.2. The van der Waals surface area contributed by atoms with Gasteiger partial charge in [-0.15, -0.1) is 0 Å². The highest BCUT2D eigenvalue weighted by molar-refractivity contribution is 5.81. The molecule has 0 aliphatic heterocycles. The lowest BCUT2D eigenvalue weighted by atomic mass is 9.98. The van der Waals surface area contributed by atoms with Crippen molar-refractivity contribution in [3.63, 3.8) is 0 Å². The first-order chi connectivity index (χ1) is 16.0. The van der Waals surface area contributed by atoms with Crippen LogP contribution in [0.4, 0.5) is 4.79 Å². The number of carbonyl (C=O) groups is 3. The van der Waals surface area contributed by atoms with Gasteiger partial charge in [-0.2, -0.15) is 0 Å². The molecule has 9 heteroatoms. The molecule has 3 unspecified atom stereocenters. The second-order valence-electron chi connectivity index (χ2n) is 8.18. The Labute approximate surface area is 191 Å². The van der Waals surface area contributed by atoms with Gasteiger partial charge >= 0.3 is 12.1 Å². The van der Waals surface area contributed by atoms with Crippen molar-refractivity contribution in [2.45, 2.75) is 18.4 Å². The van der Waals surface area contributed by atoms with Crippen LogP contribution < -0.4 is 10.8 Å². The second kappa shape index (κ2) is 10.0. The van der Waals surface area contributed by atoms with Crippen molar-refractivity contribution in [3.05, 3.63) is 59.7 Å². The quantitative estimate of drug-likeness (QED) is 0.471. The number of hydrogen-bond acceptors (Lipinski definition) is 6. The lowest BCUT2D eigenvalue weighted by Gasteiger charge is -2.14. The number of nitrogens with one attached hydrogen (secondary N) is 2. The molecule has 0 aromatic heterocycles. The van der Waals surface area contributed by atoms with Crippen molar-refractivity contribution < 1.29 is 33.8 Å². The van der Waals surface area contributed by atoms with Crippen LogP contribution in [0.15, 0.2) is 48.5 Å². The number of carbonyl (C=O) groups excluding carboxylic acids is 2. The third-order valence-corrected chi connectivity index (χ3v) is 6.01. The largest absolute Gasteiger partial charge is 0.479 e. The third-order valence-electron chi connectivity index (χ3n) is 6.01. The van der Waals surface area contributed by atoms with Gasteiger partial charge in [-0.25, -0.2) is 15.1 Å². The van der Waals surface area contributed by atoms with Crippen LogP contribution in [0.5, 0.6) is 0 Å². The van der Waals surface area contributed by atoms with Gasteiger partial charge in [-0.05, 0) is 34.6 Å². The zero-order chi connectivity index (χ0) is 23.4. The number of rotatable bonds is 10. The number of ether oxygens (including phenoxy) is 2. The minimum absolute atomic E-state index is 0.0194. The van der Waals surface area contributed by atoms with Crippen LogP contribution in [-0.4, -0.2) is 56.0 Å². The van der Waals surface area contributed by atoms with E-state index in [0.717, 1.165) is 22.3 Å². The van der Waals surface area contributed by atoms with Gasteiger partial charge in [0.15, 0.2) is 0 Å². The number of fused-ring (bicyclic) bond motifs is 3. The zero-order valence-electron chi connectivity index (χ0n) is 18.2. The standard InChI is InChI=1S/C24H26N2O7/c1-31-13-21(23(28)29)33-26-22(27)19-10-14(19)11-25-24(30)32-12-20-17-8-4-2-6-15(17)16-7-3-5-9-18(16)20/h2-9,14,19-21H,10-13H2,1H3,(H,25,30)(H,26,27)(H,28,29). The summed E-state index contributed by atoms with van der Waals surface area (Å²) in [5, 5.41) is 11.7. The molecule has 2 aromatic rings. The molecule has 2 amide bonds. The van der Waals surface area contributed by atoms with Crippen molar-refractivity contribution in [2.24, 2.45) is 11.8 Å². The molecular formula is C24H26N2O7. The summed E-state index contributed by atoms with van der Waals surface area (Å²) in [7, 11) is 1.34. The molecule has 174 valence electrons. The Morgan fingerprint density at radius 2 is 1.70 bits per heavy atom. The number of carboxylic acid groups (broad SMARTS) is 1. The summed E-state index contributed by atoms with van der Waals surface area (Å²) in [5.41, 5.74) is 6.76. The summed E-state index contributed by atoms with van der Waals surface area (Å²) < 4.78 is 10.2. The molecule has 3 N–H and O–H groups in total. The van der Waals surface area contributed by atoms with E-state index < -0.39 is 24.1 Å². The molecule has 0 saturated heterocycles. The van der Waals surface area contributed by atoms with Crippen molar-refractivity contribution in [3.8, 4) is 11.1 Å². The number of carboxylic acids is 1. The Morgan fingerprint density at radius 3 is 2.30 bits per heavy atom. The molecule has 2 aromatic carbocycles. The van der Waals surface area contributed by atoms with Crippen molar-refractivity contribution in [1.29, 1.82) is 0 Å². The van der Waals surface area contributed by atoms with E-state index in [1.54, 1.807) is 0 Å². The van der Waals surface area contributed by atoms with Gasteiger partial charge in [0.2, 0.25) is 12.0 Å². The van der Waals surface area contributed by atoms with Crippen LogP contribution in [0, 0.1) is 11.8 Å². The van der Waals surface area contributed by atoms with Crippen molar-refractivity contribution in [1.82, 2.24) is 10.8 Å². The summed E-state index contributed by atoms with van der Waals surface area (Å²) in [6.45, 7) is 0.320. The topological polar surface area (TPSA) is 123 Å². The molecule has 0 heterocycles. The average Bonchev–Trinajstić information content (AvgIpc) is 3.54. The lowest BCUT2D eigenvalue weighted by Crippen LogP contribution is -2.38. The number of amides is 2. The van der Waals surface area contributed by atoms with Gasteiger partial charge in [-0.3, -0.25) is 9.63 Å². The van der Waals surface area contributed by atoms with E-state index in [9.17, 15) is 14.4 Å². The van der Waals surface area contributed by atoms with Crippen molar-refractivity contribution in [2.75, 3.05) is 26.9 Å². The molecule has 4 rings (SSSR count). The summed E-state index contributed by atoms with van der Waals surface area (Å²) in [5.74, 6) is -2.08. The van der Waals surface area contributed by atoms with E-state index in [1.807, 2.05) is 24.3 Å². The molecule has 3 atom stereocenters. The number of hydroxylamine groups is 1. The van der Waals surface area contributed by atoms with Gasteiger partial charge in [0.1, 0.15) is 6.61 Å². The minimum Gasteiger partial charge on any atom is -0.479 e. The summed E-state index contributed by atoms with van der Waals surface area (Å²) in [4.78, 5) is 40.3. The molecule has 9 nitrogen and oxygen atoms in total. The van der Waals surface area contributed by atoms with E-state index in [1.165, 1.54) is 7.11 Å². The molecule has 1 saturated carbocycles. The fourth-order valence-electron chi connectivity index (χ4n) is 4.17. The monoisotopic (exact) mass is 454 g/mol. The maximum Gasteiger partial charge on any atom is 0.407 e. The minimum atomic E-state index is -1.28. The molecule has 0 spiro atoms. The Bertz CT molecular complexity index is 995. The average molecular weight is 454 g/mol. The van der Waals surface area contributed by atoms with E-state index in [2.05, 4.69) is 35.1 Å². The maximum atomic E-state index is 12.3. The number of methoxy groups -OCH3 is 1. The van der Waals surface area contributed by atoms with Gasteiger partial charge < -0.3 is 19.9 Å².